The standard InChI is InChI=1S/C19H25NO/c1-3-4-5-6-7-8-9-12-16-15-19(21)17-13-10-11-14-18(17)20(16)2/h6-7,10-11,13-15H,3-5,8-9,12H2,1-2H3. The molecule has 21 heavy (non-hydrogen) atoms. The monoisotopic (exact) mass is 283 g/mol. The molecule has 112 valence electrons. The lowest BCUT2D eigenvalue weighted by molar-refractivity contribution is 0.755. The summed E-state index contributed by atoms with van der Waals surface area (Å²) in [6.07, 6.45) is 11.4. The van der Waals surface area contributed by atoms with E-state index in [2.05, 4.69) is 23.6 Å². The van der Waals surface area contributed by atoms with Crippen LogP contribution < -0.4 is 5.43 Å². The van der Waals surface area contributed by atoms with Crippen LogP contribution in [0, 0.1) is 0 Å². The van der Waals surface area contributed by atoms with Crippen molar-refractivity contribution in [1.82, 2.24) is 4.57 Å². The third kappa shape index (κ3) is 4.07. The first-order valence-corrected chi connectivity index (χ1v) is 7.96. The van der Waals surface area contributed by atoms with Gasteiger partial charge in [0.15, 0.2) is 5.43 Å². The molecule has 0 spiro atoms. The molecule has 0 saturated carbocycles. The molecule has 0 N–H and O–H groups in total. The first-order valence-electron chi connectivity index (χ1n) is 7.96. The number of pyridine rings is 1. The summed E-state index contributed by atoms with van der Waals surface area (Å²) in [4.78, 5) is 12.1. The van der Waals surface area contributed by atoms with E-state index in [1.54, 1.807) is 6.07 Å². The van der Waals surface area contributed by atoms with Crippen molar-refractivity contribution >= 4 is 10.9 Å². The van der Waals surface area contributed by atoms with Crippen molar-refractivity contribution in [2.24, 2.45) is 7.05 Å². The van der Waals surface area contributed by atoms with E-state index < -0.39 is 0 Å². The van der Waals surface area contributed by atoms with E-state index in [0.717, 1.165) is 35.9 Å². The van der Waals surface area contributed by atoms with Gasteiger partial charge in [0.25, 0.3) is 0 Å². The van der Waals surface area contributed by atoms with Crippen molar-refractivity contribution in [1.29, 1.82) is 0 Å². The third-order valence-corrected chi connectivity index (χ3v) is 3.95. The Bertz CT molecular complexity index is 667. The second-order valence-electron chi connectivity index (χ2n) is 5.58. The van der Waals surface area contributed by atoms with Gasteiger partial charge in [0.1, 0.15) is 0 Å². The minimum atomic E-state index is 0.136. The maximum Gasteiger partial charge on any atom is 0.189 e. The van der Waals surface area contributed by atoms with Gasteiger partial charge in [-0.3, -0.25) is 4.79 Å². The summed E-state index contributed by atoms with van der Waals surface area (Å²) in [6, 6.07) is 9.62. The Balaban J connectivity index is 2.01. The number of hydrogen-bond acceptors (Lipinski definition) is 1. The van der Waals surface area contributed by atoms with Crippen molar-refractivity contribution < 1.29 is 0 Å². The van der Waals surface area contributed by atoms with Crippen LogP contribution in [0.15, 0.2) is 47.3 Å². The predicted molar refractivity (Wildman–Crippen MR) is 90.8 cm³/mol. The van der Waals surface area contributed by atoms with Gasteiger partial charge < -0.3 is 4.57 Å². The minimum Gasteiger partial charge on any atom is -0.347 e. The fraction of sp³-hybridized carbons (Fsp3) is 0.421. The molecule has 0 aliphatic rings. The number of hydrogen-bond donors (Lipinski definition) is 0. The maximum absolute atomic E-state index is 12.1. The summed E-state index contributed by atoms with van der Waals surface area (Å²) in [7, 11) is 2.05. The highest BCUT2D eigenvalue weighted by Gasteiger charge is 2.05. The third-order valence-electron chi connectivity index (χ3n) is 3.95. The molecule has 2 rings (SSSR count). The molecule has 2 heteroatoms. The molecule has 0 atom stereocenters. The van der Waals surface area contributed by atoms with Gasteiger partial charge >= 0.3 is 0 Å². The van der Waals surface area contributed by atoms with Crippen molar-refractivity contribution in [3.8, 4) is 0 Å². The average Bonchev–Trinajstić information content (AvgIpc) is 2.51. The summed E-state index contributed by atoms with van der Waals surface area (Å²) < 4.78 is 2.15. The first kappa shape index (κ1) is 15.6. The number of aromatic nitrogens is 1. The maximum atomic E-state index is 12.1. The zero-order valence-corrected chi connectivity index (χ0v) is 13.1. The summed E-state index contributed by atoms with van der Waals surface area (Å²) >= 11 is 0. The fourth-order valence-electron chi connectivity index (χ4n) is 2.65. The Labute approximate surface area is 127 Å². The van der Waals surface area contributed by atoms with Crippen LogP contribution in [0.5, 0.6) is 0 Å². The zero-order valence-electron chi connectivity index (χ0n) is 13.1. The van der Waals surface area contributed by atoms with Crippen molar-refractivity contribution in [3.05, 3.63) is 58.4 Å². The number of rotatable bonds is 7. The van der Waals surface area contributed by atoms with Crippen LogP contribution in [-0.2, 0) is 13.5 Å². The molecule has 0 saturated heterocycles. The van der Waals surface area contributed by atoms with Gasteiger partial charge in [-0.2, -0.15) is 0 Å². The van der Waals surface area contributed by atoms with Crippen LogP contribution in [0.1, 0.15) is 44.7 Å². The van der Waals surface area contributed by atoms with Crippen LogP contribution in [-0.4, -0.2) is 4.57 Å². The highest BCUT2D eigenvalue weighted by Crippen LogP contribution is 2.13. The largest absolute Gasteiger partial charge is 0.347 e. The normalized spacial score (nSPS) is 11.5. The number of unbranched alkanes of at least 4 members (excludes halogenated alkanes) is 3. The quantitative estimate of drug-likeness (QED) is 0.537. The lowest BCUT2D eigenvalue weighted by atomic mass is 10.1. The van der Waals surface area contributed by atoms with Crippen LogP contribution >= 0.6 is 0 Å². The molecule has 0 aliphatic carbocycles. The van der Waals surface area contributed by atoms with Crippen molar-refractivity contribution in [2.75, 3.05) is 0 Å². The van der Waals surface area contributed by atoms with E-state index in [-0.39, 0.29) is 5.43 Å². The lowest BCUT2D eigenvalue weighted by Gasteiger charge is -2.11. The molecule has 0 amide bonds. The number of fused-ring (bicyclic) bond motifs is 1. The molecule has 0 aliphatic heterocycles. The van der Waals surface area contributed by atoms with E-state index in [4.69, 9.17) is 0 Å². The first-order chi connectivity index (χ1) is 10.2. The highest BCUT2D eigenvalue weighted by atomic mass is 16.1. The molecule has 2 nitrogen and oxygen atoms in total. The number of allylic oxidation sites excluding steroid dienone is 2. The van der Waals surface area contributed by atoms with Gasteiger partial charge in [0.05, 0.1) is 5.52 Å². The molecule has 0 radical (unpaired) electrons. The Kier molecular flexibility index (Phi) is 5.79. The Morgan fingerprint density at radius 1 is 1.10 bits per heavy atom. The summed E-state index contributed by atoms with van der Waals surface area (Å²) in [5.74, 6) is 0. The number of nitrogens with zero attached hydrogens (tertiary/aromatic N) is 1. The average molecular weight is 283 g/mol. The highest BCUT2D eigenvalue weighted by molar-refractivity contribution is 5.79. The lowest BCUT2D eigenvalue weighted by Crippen LogP contribution is -2.11. The van der Waals surface area contributed by atoms with Crippen LogP contribution in [0.4, 0.5) is 0 Å². The van der Waals surface area contributed by atoms with E-state index in [1.165, 1.54) is 19.3 Å². The molecular weight excluding hydrogens is 258 g/mol. The summed E-state index contributed by atoms with van der Waals surface area (Å²) in [5, 5.41) is 0.809. The Morgan fingerprint density at radius 2 is 1.81 bits per heavy atom. The van der Waals surface area contributed by atoms with Gasteiger partial charge in [-0.1, -0.05) is 44.1 Å². The second kappa shape index (κ2) is 7.82. The SMILES string of the molecule is CCCCC=CCCCc1cc(=O)c2ccccc2n1C. The minimum absolute atomic E-state index is 0.136. The van der Waals surface area contributed by atoms with E-state index >= 15 is 0 Å². The Morgan fingerprint density at radius 3 is 2.57 bits per heavy atom. The van der Waals surface area contributed by atoms with E-state index in [0.29, 0.717) is 0 Å². The van der Waals surface area contributed by atoms with Crippen LogP contribution in [0.25, 0.3) is 10.9 Å². The summed E-state index contributed by atoms with van der Waals surface area (Å²) in [5.41, 5.74) is 2.29. The summed E-state index contributed by atoms with van der Waals surface area (Å²) in [6.45, 7) is 2.22. The number of aryl methyl sites for hydroxylation is 2. The smallest absolute Gasteiger partial charge is 0.189 e. The molecule has 1 aromatic carbocycles. The molecule has 2 aromatic rings. The van der Waals surface area contributed by atoms with Gasteiger partial charge in [-0.25, -0.2) is 0 Å². The van der Waals surface area contributed by atoms with Gasteiger partial charge in [-0.05, 0) is 37.8 Å². The van der Waals surface area contributed by atoms with Crippen LogP contribution in [0.2, 0.25) is 0 Å². The molecule has 0 unspecified atom stereocenters. The van der Waals surface area contributed by atoms with E-state index in [9.17, 15) is 4.79 Å². The molecule has 1 aromatic heterocycles. The van der Waals surface area contributed by atoms with Crippen molar-refractivity contribution in [3.63, 3.8) is 0 Å². The predicted octanol–water partition coefficient (Wildman–Crippen LogP) is 4.61. The van der Waals surface area contributed by atoms with Crippen LogP contribution in [0.3, 0.4) is 0 Å². The molecular formula is C19H25NO. The second-order valence-corrected chi connectivity index (χ2v) is 5.58. The van der Waals surface area contributed by atoms with Crippen molar-refractivity contribution in [2.45, 2.75) is 45.4 Å². The van der Waals surface area contributed by atoms with Gasteiger partial charge in [-0.15, -0.1) is 0 Å². The van der Waals surface area contributed by atoms with Gasteiger partial charge in [0, 0.05) is 24.2 Å². The topological polar surface area (TPSA) is 22.0 Å². The Hall–Kier alpha value is -1.83. The number of para-hydroxylation sites is 1. The molecule has 0 bridgehead atoms. The number of benzene rings is 1. The molecule has 0 fully saturated rings. The van der Waals surface area contributed by atoms with E-state index in [1.807, 2.05) is 31.3 Å². The van der Waals surface area contributed by atoms with Gasteiger partial charge in [0.2, 0.25) is 0 Å². The molecule has 1 heterocycles. The zero-order chi connectivity index (χ0) is 15.1. The fourth-order valence-corrected chi connectivity index (χ4v) is 2.65.